The molecule has 2 aromatic rings. The fraction of sp³-hybridized carbons (Fsp3) is 0.474. The molecule has 2 amide bonds. The summed E-state index contributed by atoms with van der Waals surface area (Å²) in [6.45, 7) is 7.63. The van der Waals surface area contributed by atoms with Crippen molar-refractivity contribution in [3.8, 4) is 0 Å². The van der Waals surface area contributed by atoms with E-state index in [0.29, 0.717) is 0 Å². The first-order valence-corrected chi connectivity index (χ1v) is 8.81. The minimum absolute atomic E-state index is 0.0171. The SMILES string of the molecule is Cc1noc(C)c1CC(C)NC(=O)NC1CCN(c2ccccc2)C1. The lowest BCUT2D eigenvalue weighted by molar-refractivity contribution is 0.234. The minimum atomic E-state index is -0.112. The highest BCUT2D eigenvalue weighted by Gasteiger charge is 2.24. The zero-order chi connectivity index (χ0) is 17.8. The summed E-state index contributed by atoms with van der Waals surface area (Å²) < 4.78 is 5.18. The van der Waals surface area contributed by atoms with Gasteiger partial charge in [0.1, 0.15) is 5.76 Å². The van der Waals surface area contributed by atoms with Crippen LogP contribution in [-0.2, 0) is 6.42 Å². The Morgan fingerprint density at radius 1 is 1.36 bits per heavy atom. The zero-order valence-electron chi connectivity index (χ0n) is 15.1. The number of carbonyl (C=O) groups is 1. The van der Waals surface area contributed by atoms with Crippen molar-refractivity contribution in [3.63, 3.8) is 0 Å². The number of hydrogen-bond acceptors (Lipinski definition) is 4. The molecule has 0 saturated carbocycles. The lowest BCUT2D eigenvalue weighted by Gasteiger charge is -2.20. The number of nitrogens with zero attached hydrogens (tertiary/aromatic N) is 2. The minimum Gasteiger partial charge on any atom is -0.369 e. The van der Waals surface area contributed by atoms with Gasteiger partial charge in [-0.1, -0.05) is 23.4 Å². The fourth-order valence-electron chi connectivity index (χ4n) is 3.35. The fourth-order valence-corrected chi connectivity index (χ4v) is 3.35. The lowest BCUT2D eigenvalue weighted by Crippen LogP contribution is -2.46. The van der Waals surface area contributed by atoms with Gasteiger partial charge in [0.15, 0.2) is 0 Å². The number of para-hydroxylation sites is 1. The van der Waals surface area contributed by atoms with Gasteiger partial charge in [-0.05, 0) is 45.7 Å². The van der Waals surface area contributed by atoms with Gasteiger partial charge in [0.25, 0.3) is 0 Å². The number of anilines is 1. The van der Waals surface area contributed by atoms with Crippen LogP contribution in [-0.4, -0.2) is 36.4 Å². The van der Waals surface area contributed by atoms with Gasteiger partial charge in [0, 0.05) is 36.4 Å². The highest BCUT2D eigenvalue weighted by Crippen LogP contribution is 2.19. The van der Waals surface area contributed by atoms with E-state index in [1.807, 2.05) is 39.0 Å². The summed E-state index contributed by atoms with van der Waals surface area (Å²) in [7, 11) is 0. The summed E-state index contributed by atoms with van der Waals surface area (Å²) in [5.41, 5.74) is 3.17. The standard InChI is InChI=1S/C19H26N4O2/c1-13(11-18-14(2)22-25-15(18)3)20-19(24)21-16-9-10-23(12-16)17-7-5-4-6-8-17/h4-8,13,16H,9-12H2,1-3H3,(H2,20,21,24). The molecule has 0 bridgehead atoms. The van der Waals surface area contributed by atoms with Crippen LogP contribution in [0.4, 0.5) is 10.5 Å². The molecule has 0 radical (unpaired) electrons. The van der Waals surface area contributed by atoms with Gasteiger partial charge < -0.3 is 20.1 Å². The van der Waals surface area contributed by atoms with Gasteiger partial charge in [-0.3, -0.25) is 0 Å². The van der Waals surface area contributed by atoms with E-state index in [1.165, 1.54) is 5.69 Å². The number of nitrogens with one attached hydrogen (secondary N) is 2. The molecule has 2 heterocycles. The van der Waals surface area contributed by atoms with Crippen molar-refractivity contribution in [3.05, 3.63) is 47.3 Å². The van der Waals surface area contributed by atoms with Crippen LogP contribution in [0.15, 0.2) is 34.9 Å². The molecule has 1 aromatic heterocycles. The monoisotopic (exact) mass is 342 g/mol. The molecule has 2 unspecified atom stereocenters. The maximum Gasteiger partial charge on any atom is 0.315 e. The van der Waals surface area contributed by atoms with E-state index >= 15 is 0 Å². The summed E-state index contributed by atoms with van der Waals surface area (Å²) >= 11 is 0. The van der Waals surface area contributed by atoms with Gasteiger partial charge in [0.2, 0.25) is 0 Å². The summed E-state index contributed by atoms with van der Waals surface area (Å²) in [4.78, 5) is 14.6. The molecule has 134 valence electrons. The second-order valence-electron chi connectivity index (χ2n) is 6.79. The van der Waals surface area contributed by atoms with E-state index in [4.69, 9.17) is 4.52 Å². The van der Waals surface area contributed by atoms with Crippen LogP contribution in [0.25, 0.3) is 0 Å². The Labute approximate surface area is 148 Å². The van der Waals surface area contributed by atoms with Crippen molar-refractivity contribution >= 4 is 11.7 Å². The summed E-state index contributed by atoms with van der Waals surface area (Å²) in [6.07, 6.45) is 1.68. The lowest BCUT2D eigenvalue weighted by atomic mass is 10.1. The van der Waals surface area contributed by atoms with Crippen LogP contribution >= 0.6 is 0 Å². The number of aromatic nitrogens is 1. The van der Waals surface area contributed by atoms with Gasteiger partial charge >= 0.3 is 6.03 Å². The van der Waals surface area contributed by atoms with E-state index < -0.39 is 0 Å². The van der Waals surface area contributed by atoms with Crippen molar-refractivity contribution in [1.29, 1.82) is 0 Å². The molecular formula is C19H26N4O2. The highest BCUT2D eigenvalue weighted by atomic mass is 16.5. The van der Waals surface area contributed by atoms with E-state index in [2.05, 4.69) is 32.8 Å². The molecule has 3 rings (SSSR count). The van der Waals surface area contributed by atoms with Gasteiger partial charge in [-0.2, -0.15) is 0 Å². The highest BCUT2D eigenvalue weighted by molar-refractivity contribution is 5.74. The Bertz CT molecular complexity index is 694. The average Bonchev–Trinajstić information content (AvgIpc) is 3.17. The zero-order valence-corrected chi connectivity index (χ0v) is 15.1. The molecular weight excluding hydrogens is 316 g/mol. The van der Waals surface area contributed by atoms with Gasteiger partial charge in [-0.25, -0.2) is 4.79 Å². The van der Waals surface area contributed by atoms with Crippen LogP contribution in [0.3, 0.4) is 0 Å². The molecule has 1 fully saturated rings. The first-order valence-electron chi connectivity index (χ1n) is 8.81. The number of carbonyl (C=O) groups excluding carboxylic acids is 1. The topological polar surface area (TPSA) is 70.4 Å². The molecule has 0 aliphatic carbocycles. The largest absolute Gasteiger partial charge is 0.369 e. The Hall–Kier alpha value is -2.50. The van der Waals surface area contributed by atoms with Crippen LogP contribution in [0.2, 0.25) is 0 Å². The smallest absolute Gasteiger partial charge is 0.315 e. The third-order valence-corrected chi connectivity index (χ3v) is 4.71. The number of urea groups is 1. The molecule has 1 aliphatic rings. The molecule has 2 N–H and O–H groups in total. The number of rotatable bonds is 5. The number of aryl methyl sites for hydroxylation is 2. The maximum absolute atomic E-state index is 12.3. The number of amides is 2. The molecule has 1 aromatic carbocycles. The summed E-state index contributed by atoms with van der Waals surface area (Å²) in [5, 5.41) is 10.1. The normalized spacial score (nSPS) is 18.2. The summed E-state index contributed by atoms with van der Waals surface area (Å²) in [6, 6.07) is 10.4. The Kier molecular flexibility index (Phi) is 5.26. The molecule has 6 heteroatoms. The second-order valence-corrected chi connectivity index (χ2v) is 6.79. The van der Waals surface area contributed by atoms with E-state index in [-0.39, 0.29) is 18.1 Å². The van der Waals surface area contributed by atoms with Crippen LogP contribution < -0.4 is 15.5 Å². The van der Waals surface area contributed by atoms with E-state index in [9.17, 15) is 4.79 Å². The molecule has 1 saturated heterocycles. The average molecular weight is 342 g/mol. The first kappa shape index (κ1) is 17.3. The molecule has 1 aliphatic heterocycles. The van der Waals surface area contributed by atoms with Gasteiger partial charge in [0.05, 0.1) is 5.69 Å². The van der Waals surface area contributed by atoms with Crippen LogP contribution in [0, 0.1) is 13.8 Å². The predicted molar refractivity (Wildman–Crippen MR) is 97.9 cm³/mol. The van der Waals surface area contributed by atoms with Crippen molar-refractivity contribution < 1.29 is 9.32 Å². The van der Waals surface area contributed by atoms with Crippen LogP contribution in [0.1, 0.15) is 30.4 Å². The summed E-state index contributed by atoms with van der Waals surface area (Å²) in [5.74, 6) is 0.820. The van der Waals surface area contributed by atoms with E-state index in [0.717, 1.165) is 42.9 Å². The third-order valence-electron chi connectivity index (χ3n) is 4.71. The molecule has 6 nitrogen and oxygen atoms in total. The maximum atomic E-state index is 12.3. The molecule has 0 spiro atoms. The van der Waals surface area contributed by atoms with Crippen molar-refractivity contribution in [2.24, 2.45) is 0 Å². The Balaban J connectivity index is 1.47. The number of benzene rings is 1. The Morgan fingerprint density at radius 2 is 2.12 bits per heavy atom. The van der Waals surface area contributed by atoms with Crippen molar-refractivity contribution in [2.45, 2.75) is 45.7 Å². The molecule has 25 heavy (non-hydrogen) atoms. The van der Waals surface area contributed by atoms with Crippen molar-refractivity contribution in [2.75, 3.05) is 18.0 Å². The van der Waals surface area contributed by atoms with E-state index in [1.54, 1.807) is 0 Å². The van der Waals surface area contributed by atoms with Crippen molar-refractivity contribution in [1.82, 2.24) is 15.8 Å². The van der Waals surface area contributed by atoms with Crippen LogP contribution in [0.5, 0.6) is 0 Å². The first-order chi connectivity index (χ1) is 12.0. The number of hydrogen-bond donors (Lipinski definition) is 2. The quantitative estimate of drug-likeness (QED) is 0.876. The molecule has 2 atom stereocenters. The second kappa shape index (κ2) is 7.59. The van der Waals surface area contributed by atoms with Gasteiger partial charge in [-0.15, -0.1) is 0 Å². The Morgan fingerprint density at radius 3 is 2.80 bits per heavy atom. The predicted octanol–water partition coefficient (Wildman–Crippen LogP) is 2.80. The third kappa shape index (κ3) is 4.32.